The molecule has 84 valence electrons. The third-order valence-corrected chi connectivity index (χ3v) is 2.43. The monoisotopic (exact) mass is 283 g/mol. The fourth-order valence-electron chi connectivity index (χ4n) is 0.927. The van der Waals surface area contributed by atoms with Gasteiger partial charge in [0.1, 0.15) is 0 Å². The number of alkyl halides is 3. The number of nitrogens with one attached hydrogen (secondary N) is 1. The largest absolute Gasteiger partial charge is 0.416 e. The number of aliphatic hydroxyl groups excluding tert-OH is 1. The minimum atomic E-state index is -4.59. The van der Waals surface area contributed by atoms with Crippen molar-refractivity contribution in [2.75, 3.05) is 11.9 Å². The molecule has 1 unspecified atom stereocenters. The van der Waals surface area contributed by atoms with Crippen molar-refractivity contribution >= 4 is 21.6 Å². The molecule has 0 aliphatic heterocycles. The zero-order valence-corrected chi connectivity index (χ0v) is 9.14. The highest BCUT2D eigenvalue weighted by atomic mass is 79.9. The van der Waals surface area contributed by atoms with Gasteiger partial charge in [0.2, 0.25) is 0 Å². The van der Waals surface area contributed by atoms with Gasteiger partial charge in [-0.25, -0.2) is 0 Å². The van der Waals surface area contributed by atoms with Crippen molar-refractivity contribution in [3.05, 3.63) is 28.7 Å². The minimum absolute atomic E-state index is 0.515. The average molecular weight is 284 g/mol. The number of anilines is 1. The highest BCUT2D eigenvalue weighted by Gasteiger charge is 2.37. The van der Waals surface area contributed by atoms with Crippen LogP contribution in [0.4, 0.5) is 18.9 Å². The molecule has 0 aliphatic rings. The second-order valence-corrected chi connectivity index (χ2v) is 3.77. The summed E-state index contributed by atoms with van der Waals surface area (Å²) in [5.74, 6) is 0. The zero-order valence-electron chi connectivity index (χ0n) is 7.55. The molecule has 0 bridgehead atoms. The molecular weight excluding hydrogens is 275 g/mol. The summed E-state index contributed by atoms with van der Waals surface area (Å²) in [5, 5.41) is 11.2. The summed E-state index contributed by atoms with van der Waals surface area (Å²) >= 11 is 3.17. The van der Waals surface area contributed by atoms with Crippen molar-refractivity contribution < 1.29 is 18.3 Å². The van der Waals surface area contributed by atoms with Gasteiger partial charge in [0.25, 0.3) is 0 Å². The molecule has 1 aromatic rings. The Morgan fingerprint density at radius 2 is 1.93 bits per heavy atom. The minimum Gasteiger partial charge on any atom is -0.382 e. The van der Waals surface area contributed by atoms with E-state index in [1.54, 1.807) is 24.3 Å². The van der Waals surface area contributed by atoms with Crippen LogP contribution in [0.5, 0.6) is 0 Å². The Morgan fingerprint density at radius 1 is 1.33 bits per heavy atom. The van der Waals surface area contributed by atoms with Crippen LogP contribution in [-0.4, -0.2) is 23.9 Å². The molecule has 0 saturated heterocycles. The number of halogens is 4. The van der Waals surface area contributed by atoms with Crippen LogP contribution in [-0.2, 0) is 0 Å². The van der Waals surface area contributed by atoms with E-state index < -0.39 is 18.8 Å². The van der Waals surface area contributed by atoms with Crippen molar-refractivity contribution in [2.45, 2.75) is 12.3 Å². The van der Waals surface area contributed by atoms with E-state index in [1.165, 1.54) is 0 Å². The molecule has 1 aromatic carbocycles. The third kappa shape index (κ3) is 3.71. The van der Waals surface area contributed by atoms with E-state index in [0.29, 0.717) is 10.2 Å². The molecule has 0 spiro atoms. The lowest BCUT2D eigenvalue weighted by molar-refractivity contribution is -0.198. The summed E-state index contributed by atoms with van der Waals surface area (Å²) in [6.45, 7) is -0.563. The zero-order chi connectivity index (χ0) is 11.5. The maximum absolute atomic E-state index is 12.0. The Balaban J connectivity index is 2.55. The van der Waals surface area contributed by atoms with Crippen molar-refractivity contribution in [2.24, 2.45) is 0 Å². The van der Waals surface area contributed by atoms with Gasteiger partial charge in [-0.15, -0.1) is 0 Å². The van der Waals surface area contributed by atoms with Crippen molar-refractivity contribution in [1.29, 1.82) is 0 Å². The molecular formula is C9H9BrF3NO. The topological polar surface area (TPSA) is 32.3 Å². The van der Waals surface area contributed by atoms with Crippen LogP contribution in [0.1, 0.15) is 0 Å². The van der Waals surface area contributed by atoms with Crippen molar-refractivity contribution in [3.8, 4) is 0 Å². The summed E-state index contributed by atoms with van der Waals surface area (Å²) in [4.78, 5) is 0. The summed E-state index contributed by atoms with van der Waals surface area (Å²) in [6.07, 6.45) is -6.95. The normalized spacial score (nSPS) is 13.7. The highest BCUT2D eigenvalue weighted by molar-refractivity contribution is 9.10. The number of aliphatic hydroxyl groups is 1. The van der Waals surface area contributed by atoms with E-state index >= 15 is 0 Å². The first kappa shape index (κ1) is 12.3. The third-order valence-electron chi connectivity index (χ3n) is 1.74. The Morgan fingerprint density at radius 3 is 2.47 bits per heavy atom. The Bertz CT molecular complexity index is 329. The lowest BCUT2D eigenvalue weighted by Gasteiger charge is -2.16. The molecule has 0 heterocycles. The van der Waals surface area contributed by atoms with Crippen LogP contribution in [0.15, 0.2) is 28.7 Å². The van der Waals surface area contributed by atoms with Crippen LogP contribution < -0.4 is 5.32 Å². The molecule has 0 fully saturated rings. The first-order valence-electron chi connectivity index (χ1n) is 4.14. The predicted octanol–water partition coefficient (Wildman–Crippen LogP) is 2.78. The van der Waals surface area contributed by atoms with E-state index in [4.69, 9.17) is 5.11 Å². The van der Waals surface area contributed by atoms with Gasteiger partial charge in [0.15, 0.2) is 6.10 Å². The van der Waals surface area contributed by atoms with Gasteiger partial charge >= 0.3 is 6.18 Å². The van der Waals surface area contributed by atoms with Gasteiger partial charge in [-0.1, -0.05) is 12.1 Å². The SMILES string of the molecule is OC(CNc1ccccc1Br)C(F)(F)F. The van der Waals surface area contributed by atoms with Crippen molar-refractivity contribution in [1.82, 2.24) is 0 Å². The first-order valence-corrected chi connectivity index (χ1v) is 4.93. The summed E-state index contributed by atoms with van der Waals surface area (Å²) in [6, 6.07) is 6.75. The molecule has 0 radical (unpaired) electrons. The smallest absolute Gasteiger partial charge is 0.382 e. The number of para-hydroxylation sites is 1. The Labute approximate surface area is 93.2 Å². The van der Waals surface area contributed by atoms with E-state index in [-0.39, 0.29) is 0 Å². The molecule has 0 amide bonds. The van der Waals surface area contributed by atoms with Gasteiger partial charge in [-0.2, -0.15) is 13.2 Å². The summed E-state index contributed by atoms with van der Waals surface area (Å²) in [5.41, 5.74) is 0.515. The van der Waals surface area contributed by atoms with Crippen molar-refractivity contribution in [3.63, 3.8) is 0 Å². The molecule has 1 rings (SSSR count). The maximum atomic E-state index is 12.0. The quantitative estimate of drug-likeness (QED) is 0.894. The van der Waals surface area contributed by atoms with Crippen LogP contribution in [0.2, 0.25) is 0 Å². The van der Waals surface area contributed by atoms with E-state index in [1.807, 2.05) is 0 Å². The molecule has 2 nitrogen and oxygen atoms in total. The lowest BCUT2D eigenvalue weighted by atomic mass is 10.3. The molecule has 0 aromatic heterocycles. The lowest BCUT2D eigenvalue weighted by Crippen LogP contribution is -2.35. The fraction of sp³-hybridized carbons (Fsp3) is 0.333. The second kappa shape index (κ2) is 4.85. The Hall–Kier alpha value is -0.750. The fourth-order valence-corrected chi connectivity index (χ4v) is 1.35. The van der Waals surface area contributed by atoms with Crippen LogP contribution in [0, 0.1) is 0 Å². The van der Waals surface area contributed by atoms with E-state index in [9.17, 15) is 13.2 Å². The summed E-state index contributed by atoms with van der Waals surface area (Å²) in [7, 11) is 0. The van der Waals surface area contributed by atoms with Crippen LogP contribution in [0.25, 0.3) is 0 Å². The summed E-state index contributed by atoms with van der Waals surface area (Å²) < 4.78 is 36.5. The highest BCUT2D eigenvalue weighted by Crippen LogP contribution is 2.23. The van der Waals surface area contributed by atoms with Crippen LogP contribution >= 0.6 is 15.9 Å². The predicted molar refractivity (Wildman–Crippen MR) is 54.7 cm³/mol. The molecule has 0 aliphatic carbocycles. The van der Waals surface area contributed by atoms with E-state index in [0.717, 1.165) is 0 Å². The van der Waals surface area contributed by atoms with E-state index in [2.05, 4.69) is 21.2 Å². The van der Waals surface area contributed by atoms with Crippen LogP contribution in [0.3, 0.4) is 0 Å². The standard InChI is InChI=1S/C9H9BrF3NO/c10-6-3-1-2-4-7(6)14-5-8(15)9(11,12)13/h1-4,8,14-15H,5H2. The van der Waals surface area contributed by atoms with Gasteiger partial charge in [0, 0.05) is 16.7 Å². The van der Waals surface area contributed by atoms with Gasteiger partial charge in [-0.3, -0.25) is 0 Å². The first-order chi connectivity index (χ1) is 6.91. The molecule has 6 heteroatoms. The molecule has 0 saturated carbocycles. The maximum Gasteiger partial charge on any atom is 0.416 e. The number of benzene rings is 1. The number of hydrogen-bond donors (Lipinski definition) is 2. The van der Waals surface area contributed by atoms with Gasteiger partial charge in [0.05, 0.1) is 0 Å². The van der Waals surface area contributed by atoms with Gasteiger partial charge in [-0.05, 0) is 28.1 Å². The molecule has 2 N–H and O–H groups in total. The molecule has 15 heavy (non-hydrogen) atoms. The number of rotatable bonds is 3. The average Bonchev–Trinajstić information content (AvgIpc) is 2.14. The van der Waals surface area contributed by atoms with Gasteiger partial charge < -0.3 is 10.4 Å². The Kier molecular flexibility index (Phi) is 3.98. The second-order valence-electron chi connectivity index (χ2n) is 2.92. The molecule has 1 atom stereocenters. The number of hydrogen-bond acceptors (Lipinski definition) is 2.